The molecule has 0 heterocycles. The maximum atomic E-state index is 10.4. The molecule has 69 valence electrons. The van der Waals surface area contributed by atoms with Crippen molar-refractivity contribution < 1.29 is 9.53 Å². The van der Waals surface area contributed by atoms with Crippen LogP contribution in [0.15, 0.2) is 24.3 Å². The van der Waals surface area contributed by atoms with Crippen molar-refractivity contribution in [2.75, 3.05) is 7.11 Å². The highest BCUT2D eigenvalue weighted by molar-refractivity contribution is 5.73. The maximum absolute atomic E-state index is 10.4. The van der Waals surface area contributed by atoms with Crippen LogP contribution in [-0.2, 0) is 11.2 Å². The molecule has 0 atom stereocenters. The number of hydrogen-bond acceptors (Lipinski definition) is 2. The lowest BCUT2D eigenvalue weighted by Crippen LogP contribution is -1.99. The molecule has 3 nitrogen and oxygen atoms in total. The third-order valence-electron chi connectivity index (χ3n) is 1.77. The van der Waals surface area contributed by atoms with Crippen molar-refractivity contribution in [3.63, 3.8) is 0 Å². The minimum Gasteiger partial charge on any atom is -0.497 e. The van der Waals surface area contributed by atoms with Gasteiger partial charge in [0, 0.05) is 6.42 Å². The number of aryl methyl sites for hydroxylation is 1. The van der Waals surface area contributed by atoms with Crippen LogP contribution in [0.4, 0.5) is 0 Å². The normalized spacial score (nSPS) is 9.62. The lowest BCUT2D eigenvalue weighted by atomic mass is 10.1. The molecule has 1 N–H and O–H groups in total. The number of carbonyl (C=O) groups excluding carboxylic acids is 1. The maximum Gasteiger partial charge on any atom is 0.238 e. The number of carbonyl (C=O) groups is 1. The predicted octanol–water partition coefficient (Wildman–Crippen LogP) is 1.44. The molecule has 13 heavy (non-hydrogen) atoms. The van der Waals surface area contributed by atoms with Crippen LogP contribution in [0.2, 0.25) is 0 Å². The SMILES string of the molecule is COc1cccc(CCC([NH])=O)c1. The number of nitrogens with one attached hydrogen (secondary N) is 1. The van der Waals surface area contributed by atoms with E-state index in [-0.39, 0.29) is 6.42 Å². The summed E-state index contributed by atoms with van der Waals surface area (Å²) in [5.41, 5.74) is 7.78. The van der Waals surface area contributed by atoms with E-state index in [1.54, 1.807) is 7.11 Å². The highest BCUT2D eigenvalue weighted by Gasteiger charge is 1.98. The van der Waals surface area contributed by atoms with E-state index < -0.39 is 5.91 Å². The van der Waals surface area contributed by atoms with Crippen molar-refractivity contribution in [1.29, 1.82) is 0 Å². The second kappa shape index (κ2) is 4.50. The van der Waals surface area contributed by atoms with E-state index in [0.717, 1.165) is 11.3 Å². The van der Waals surface area contributed by atoms with Gasteiger partial charge in [0.15, 0.2) is 0 Å². The molecule has 0 saturated heterocycles. The van der Waals surface area contributed by atoms with Gasteiger partial charge in [0.05, 0.1) is 7.11 Å². The number of amides is 1. The minimum absolute atomic E-state index is 0.271. The Morgan fingerprint density at radius 3 is 2.92 bits per heavy atom. The number of ether oxygens (including phenoxy) is 1. The van der Waals surface area contributed by atoms with Crippen molar-refractivity contribution in [2.24, 2.45) is 0 Å². The van der Waals surface area contributed by atoms with Gasteiger partial charge in [-0.1, -0.05) is 12.1 Å². The Bertz CT molecular complexity index is 297. The molecule has 0 bridgehead atoms. The van der Waals surface area contributed by atoms with Gasteiger partial charge >= 0.3 is 0 Å². The number of rotatable bonds is 4. The molecule has 0 aliphatic heterocycles. The molecule has 0 fully saturated rings. The van der Waals surface area contributed by atoms with Crippen LogP contribution >= 0.6 is 0 Å². The first-order chi connectivity index (χ1) is 6.22. The van der Waals surface area contributed by atoms with Gasteiger partial charge in [-0.2, -0.15) is 0 Å². The van der Waals surface area contributed by atoms with Crippen molar-refractivity contribution >= 4 is 5.91 Å². The molecule has 0 aliphatic carbocycles. The summed E-state index contributed by atoms with van der Waals surface area (Å²) in [7, 11) is 1.61. The third kappa shape index (κ3) is 3.15. The smallest absolute Gasteiger partial charge is 0.238 e. The van der Waals surface area contributed by atoms with E-state index in [2.05, 4.69) is 0 Å². The molecule has 0 aliphatic rings. The molecule has 1 aromatic carbocycles. The number of benzene rings is 1. The van der Waals surface area contributed by atoms with Gasteiger partial charge in [-0.25, -0.2) is 0 Å². The zero-order chi connectivity index (χ0) is 9.68. The summed E-state index contributed by atoms with van der Waals surface area (Å²) in [5.74, 6) is 0.262. The second-order valence-corrected chi connectivity index (χ2v) is 2.77. The largest absolute Gasteiger partial charge is 0.497 e. The Labute approximate surface area is 77.5 Å². The Morgan fingerprint density at radius 1 is 1.54 bits per heavy atom. The molecule has 1 amide bonds. The average molecular weight is 178 g/mol. The van der Waals surface area contributed by atoms with E-state index in [4.69, 9.17) is 10.5 Å². The zero-order valence-corrected chi connectivity index (χ0v) is 7.54. The summed E-state index contributed by atoms with van der Waals surface area (Å²) >= 11 is 0. The Hall–Kier alpha value is -1.51. The van der Waals surface area contributed by atoms with Gasteiger partial charge in [0.2, 0.25) is 5.91 Å². The van der Waals surface area contributed by atoms with Crippen LogP contribution in [0, 0.1) is 0 Å². The Morgan fingerprint density at radius 2 is 2.31 bits per heavy atom. The van der Waals surface area contributed by atoms with E-state index >= 15 is 0 Å². The van der Waals surface area contributed by atoms with Crippen LogP contribution in [0.3, 0.4) is 0 Å². The first-order valence-corrected chi connectivity index (χ1v) is 4.09. The summed E-state index contributed by atoms with van der Waals surface area (Å²) in [5, 5.41) is 0. The van der Waals surface area contributed by atoms with Gasteiger partial charge in [-0.15, -0.1) is 0 Å². The quantitative estimate of drug-likeness (QED) is 0.700. The average Bonchev–Trinajstić information content (AvgIpc) is 2.15. The van der Waals surface area contributed by atoms with Crippen LogP contribution in [-0.4, -0.2) is 13.0 Å². The summed E-state index contributed by atoms with van der Waals surface area (Å²) in [6, 6.07) is 7.53. The topological polar surface area (TPSA) is 50.1 Å². The summed E-state index contributed by atoms with van der Waals surface area (Å²) in [4.78, 5) is 10.4. The first-order valence-electron chi connectivity index (χ1n) is 4.09. The molecule has 0 unspecified atom stereocenters. The van der Waals surface area contributed by atoms with Crippen LogP contribution in [0.1, 0.15) is 12.0 Å². The van der Waals surface area contributed by atoms with E-state index in [1.165, 1.54) is 0 Å². The summed E-state index contributed by atoms with van der Waals surface area (Å²) in [6.45, 7) is 0. The molecular formula is C10H12NO2. The number of methoxy groups -OCH3 is 1. The monoisotopic (exact) mass is 178 g/mol. The van der Waals surface area contributed by atoms with Crippen LogP contribution < -0.4 is 10.5 Å². The fourth-order valence-electron chi connectivity index (χ4n) is 1.09. The zero-order valence-electron chi connectivity index (χ0n) is 7.54. The highest BCUT2D eigenvalue weighted by atomic mass is 16.5. The fraction of sp³-hybridized carbons (Fsp3) is 0.300. The molecular weight excluding hydrogens is 166 g/mol. The van der Waals surface area contributed by atoms with Crippen LogP contribution in [0.25, 0.3) is 0 Å². The molecule has 1 radical (unpaired) electrons. The van der Waals surface area contributed by atoms with Gasteiger partial charge in [-0.05, 0) is 24.1 Å². The van der Waals surface area contributed by atoms with Crippen LogP contribution in [0.5, 0.6) is 5.75 Å². The van der Waals surface area contributed by atoms with Crippen molar-refractivity contribution in [3.05, 3.63) is 29.8 Å². The lowest BCUT2D eigenvalue weighted by Gasteiger charge is -2.02. The summed E-state index contributed by atoms with van der Waals surface area (Å²) in [6.07, 6.45) is 0.882. The van der Waals surface area contributed by atoms with E-state index in [0.29, 0.717) is 6.42 Å². The highest BCUT2D eigenvalue weighted by Crippen LogP contribution is 2.13. The first kappa shape index (κ1) is 9.58. The molecule has 3 heteroatoms. The van der Waals surface area contributed by atoms with Gasteiger partial charge in [-0.3, -0.25) is 10.5 Å². The minimum atomic E-state index is -0.525. The van der Waals surface area contributed by atoms with Crippen molar-refractivity contribution in [3.8, 4) is 5.75 Å². The second-order valence-electron chi connectivity index (χ2n) is 2.77. The van der Waals surface area contributed by atoms with Gasteiger partial charge in [0.1, 0.15) is 5.75 Å². The standard InChI is InChI=1S/C10H12NO2/c1-13-9-4-2-3-8(7-9)5-6-10(11)12/h2-4,7,11H,5-6H2,1H3. The molecule has 0 saturated carbocycles. The lowest BCUT2D eigenvalue weighted by molar-refractivity contribution is -0.118. The Balaban J connectivity index is 2.61. The molecule has 0 spiro atoms. The fourth-order valence-corrected chi connectivity index (χ4v) is 1.09. The predicted molar refractivity (Wildman–Crippen MR) is 49.4 cm³/mol. The number of hydrogen-bond donors (Lipinski definition) is 0. The van der Waals surface area contributed by atoms with E-state index in [1.807, 2.05) is 24.3 Å². The molecule has 1 aromatic rings. The molecule has 0 aromatic heterocycles. The Kier molecular flexibility index (Phi) is 3.31. The third-order valence-corrected chi connectivity index (χ3v) is 1.77. The van der Waals surface area contributed by atoms with Crippen molar-refractivity contribution in [2.45, 2.75) is 12.8 Å². The van der Waals surface area contributed by atoms with Gasteiger partial charge < -0.3 is 4.74 Å². The van der Waals surface area contributed by atoms with E-state index in [9.17, 15) is 4.79 Å². The van der Waals surface area contributed by atoms with Crippen molar-refractivity contribution in [1.82, 2.24) is 5.73 Å². The van der Waals surface area contributed by atoms with Gasteiger partial charge in [0.25, 0.3) is 0 Å². The summed E-state index contributed by atoms with van der Waals surface area (Å²) < 4.78 is 5.03. The molecule has 1 rings (SSSR count).